The first-order chi connectivity index (χ1) is 9.03. The molecule has 19 heavy (non-hydrogen) atoms. The minimum absolute atomic E-state index is 0.415. The smallest absolute Gasteiger partial charge is 0.329 e. The monoisotopic (exact) mass is 279 g/mol. The van der Waals surface area contributed by atoms with Gasteiger partial charge in [-0.3, -0.25) is 4.79 Å². The molecule has 2 N–H and O–H groups in total. The van der Waals surface area contributed by atoms with E-state index < -0.39 is 17.4 Å². The average Bonchev–Trinajstić information content (AvgIpc) is 2.32. The van der Waals surface area contributed by atoms with Gasteiger partial charge in [0, 0.05) is 11.1 Å². The predicted octanol–water partition coefficient (Wildman–Crippen LogP) is 2.48. The average molecular weight is 280 g/mol. The Bertz CT molecular complexity index is 535. The van der Waals surface area contributed by atoms with Crippen LogP contribution in [-0.2, 0) is 9.59 Å². The second-order valence-corrected chi connectivity index (χ2v) is 4.99. The lowest BCUT2D eigenvalue weighted by Gasteiger charge is -2.37. The third-order valence-corrected chi connectivity index (χ3v) is 3.64. The fourth-order valence-corrected chi connectivity index (χ4v) is 2.17. The molecule has 1 aliphatic rings. The van der Waals surface area contributed by atoms with Crippen LogP contribution in [0.3, 0.4) is 0 Å². The summed E-state index contributed by atoms with van der Waals surface area (Å²) in [4.78, 5) is 22.8. The highest BCUT2D eigenvalue weighted by molar-refractivity contribution is 6.32. The summed E-state index contributed by atoms with van der Waals surface area (Å²) >= 11 is 5.95. The maximum absolute atomic E-state index is 11.7. The number of nitrogens with one attached hydrogen (secondary N) is 1. The Morgan fingerprint density at radius 1 is 1.32 bits per heavy atom. The summed E-state index contributed by atoms with van der Waals surface area (Å²) in [5.74, 6) is -1.39. The van der Waals surface area contributed by atoms with Gasteiger partial charge in [-0.25, -0.2) is 4.79 Å². The number of halogens is 1. The van der Waals surface area contributed by atoms with E-state index in [1.807, 2.05) is 6.07 Å². The SMILES string of the molecule is O=C(/C=C/c1ccccc1Cl)NC1(C(=O)O)CCC1. The van der Waals surface area contributed by atoms with Crippen LogP contribution in [-0.4, -0.2) is 22.5 Å². The largest absolute Gasteiger partial charge is 0.480 e. The first kappa shape index (κ1) is 13.6. The van der Waals surface area contributed by atoms with Crippen molar-refractivity contribution >= 4 is 29.6 Å². The van der Waals surface area contributed by atoms with E-state index in [9.17, 15) is 9.59 Å². The van der Waals surface area contributed by atoms with Crippen molar-refractivity contribution in [3.63, 3.8) is 0 Å². The summed E-state index contributed by atoms with van der Waals surface area (Å²) in [6, 6.07) is 7.12. The van der Waals surface area contributed by atoms with Crippen LogP contribution in [0, 0.1) is 0 Å². The number of benzene rings is 1. The van der Waals surface area contributed by atoms with Gasteiger partial charge in [0.2, 0.25) is 5.91 Å². The van der Waals surface area contributed by atoms with Crippen LogP contribution >= 0.6 is 11.6 Å². The Labute approximate surface area is 116 Å². The summed E-state index contributed by atoms with van der Waals surface area (Å²) in [5.41, 5.74) is -0.362. The molecule has 0 radical (unpaired) electrons. The Morgan fingerprint density at radius 3 is 2.53 bits per heavy atom. The van der Waals surface area contributed by atoms with Crippen molar-refractivity contribution in [3.8, 4) is 0 Å². The van der Waals surface area contributed by atoms with Crippen LogP contribution in [0.5, 0.6) is 0 Å². The number of amides is 1. The molecule has 0 heterocycles. The summed E-state index contributed by atoms with van der Waals surface area (Å²) in [6.45, 7) is 0. The predicted molar refractivity (Wildman–Crippen MR) is 72.8 cm³/mol. The normalized spacial score (nSPS) is 16.9. The van der Waals surface area contributed by atoms with E-state index in [0.29, 0.717) is 17.9 Å². The zero-order valence-electron chi connectivity index (χ0n) is 10.2. The Kier molecular flexibility index (Phi) is 3.90. The summed E-state index contributed by atoms with van der Waals surface area (Å²) in [6.07, 6.45) is 4.67. The van der Waals surface area contributed by atoms with E-state index >= 15 is 0 Å². The van der Waals surface area contributed by atoms with Crippen molar-refractivity contribution in [2.24, 2.45) is 0 Å². The van der Waals surface area contributed by atoms with Crippen LogP contribution in [0.15, 0.2) is 30.3 Å². The van der Waals surface area contributed by atoms with Gasteiger partial charge in [-0.15, -0.1) is 0 Å². The number of hydrogen-bond acceptors (Lipinski definition) is 2. The van der Waals surface area contributed by atoms with Crippen LogP contribution in [0.2, 0.25) is 5.02 Å². The highest BCUT2D eigenvalue weighted by Crippen LogP contribution is 2.32. The number of carbonyl (C=O) groups is 2. The van der Waals surface area contributed by atoms with E-state index in [2.05, 4.69) is 5.32 Å². The van der Waals surface area contributed by atoms with Crippen molar-refractivity contribution < 1.29 is 14.7 Å². The first-order valence-corrected chi connectivity index (χ1v) is 6.39. The standard InChI is InChI=1S/C14H14ClNO3/c15-11-5-2-1-4-10(11)6-7-12(17)16-14(13(18)19)8-3-9-14/h1-2,4-7H,3,8-9H2,(H,16,17)(H,18,19)/b7-6+. The van der Waals surface area contributed by atoms with Crippen LogP contribution < -0.4 is 5.32 Å². The molecule has 0 unspecified atom stereocenters. The van der Waals surface area contributed by atoms with Crippen molar-refractivity contribution in [3.05, 3.63) is 40.9 Å². The molecular formula is C14H14ClNO3. The third kappa shape index (κ3) is 2.96. The van der Waals surface area contributed by atoms with Gasteiger partial charge in [0.05, 0.1) is 0 Å². The number of rotatable bonds is 4. The number of carbonyl (C=O) groups excluding carboxylic acids is 1. The fraction of sp³-hybridized carbons (Fsp3) is 0.286. The quantitative estimate of drug-likeness (QED) is 0.832. The van der Waals surface area contributed by atoms with Crippen molar-refractivity contribution in [1.29, 1.82) is 0 Å². The Balaban J connectivity index is 2.02. The van der Waals surface area contributed by atoms with E-state index in [1.165, 1.54) is 6.08 Å². The second-order valence-electron chi connectivity index (χ2n) is 4.58. The molecule has 0 aromatic heterocycles. The van der Waals surface area contributed by atoms with Gasteiger partial charge >= 0.3 is 5.97 Å². The summed E-state index contributed by atoms with van der Waals surface area (Å²) in [5, 5.41) is 12.2. The van der Waals surface area contributed by atoms with E-state index in [0.717, 1.165) is 12.0 Å². The van der Waals surface area contributed by atoms with Gasteiger partial charge in [-0.05, 0) is 37.0 Å². The molecule has 1 aromatic carbocycles. The fourth-order valence-electron chi connectivity index (χ4n) is 1.98. The molecule has 1 aromatic rings. The summed E-state index contributed by atoms with van der Waals surface area (Å²) in [7, 11) is 0. The second kappa shape index (κ2) is 5.45. The zero-order chi connectivity index (χ0) is 13.9. The van der Waals surface area contributed by atoms with Crippen molar-refractivity contribution in [2.45, 2.75) is 24.8 Å². The van der Waals surface area contributed by atoms with E-state index in [1.54, 1.807) is 24.3 Å². The molecule has 0 spiro atoms. The third-order valence-electron chi connectivity index (χ3n) is 3.30. The lowest BCUT2D eigenvalue weighted by molar-refractivity contribution is -0.151. The minimum Gasteiger partial charge on any atom is -0.480 e. The molecule has 4 nitrogen and oxygen atoms in total. The van der Waals surface area contributed by atoms with Crippen molar-refractivity contribution in [2.75, 3.05) is 0 Å². The number of aliphatic carboxylic acids is 1. The molecule has 1 fully saturated rings. The van der Waals surface area contributed by atoms with Gasteiger partial charge in [-0.2, -0.15) is 0 Å². The van der Waals surface area contributed by atoms with Gasteiger partial charge in [0.1, 0.15) is 5.54 Å². The number of carboxylic acid groups (broad SMARTS) is 1. The lowest BCUT2D eigenvalue weighted by atomic mass is 9.77. The van der Waals surface area contributed by atoms with E-state index in [4.69, 9.17) is 16.7 Å². The molecule has 100 valence electrons. The number of hydrogen-bond donors (Lipinski definition) is 2. The Morgan fingerprint density at radius 2 is 2.00 bits per heavy atom. The molecule has 0 bridgehead atoms. The molecule has 1 saturated carbocycles. The van der Waals surface area contributed by atoms with Crippen LogP contribution in [0.25, 0.3) is 6.08 Å². The van der Waals surface area contributed by atoms with Crippen molar-refractivity contribution in [1.82, 2.24) is 5.32 Å². The van der Waals surface area contributed by atoms with E-state index in [-0.39, 0.29) is 0 Å². The minimum atomic E-state index is -1.08. The topological polar surface area (TPSA) is 66.4 Å². The first-order valence-electron chi connectivity index (χ1n) is 6.02. The maximum atomic E-state index is 11.7. The molecule has 0 atom stereocenters. The maximum Gasteiger partial charge on any atom is 0.329 e. The molecule has 0 saturated heterocycles. The van der Waals surface area contributed by atoms with Crippen LogP contribution in [0.1, 0.15) is 24.8 Å². The highest BCUT2D eigenvalue weighted by atomic mass is 35.5. The molecule has 5 heteroatoms. The zero-order valence-corrected chi connectivity index (χ0v) is 11.0. The molecule has 1 amide bonds. The molecule has 1 aliphatic carbocycles. The highest BCUT2D eigenvalue weighted by Gasteiger charge is 2.45. The van der Waals surface area contributed by atoms with Gasteiger partial charge in [0.15, 0.2) is 0 Å². The molecule has 2 rings (SSSR count). The molecule has 0 aliphatic heterocycles. The van der Waals surface area contributed by atoms with Crippen LogP contribution in [0.4, 0.5) is 0 Å². The Hall–Kier alpha value is -1.81. The summed E-state index contributed by atoms with van der Waals surface area (Å²) < 4.78 is 0. The number of carboxylic acids is 1. The molecular weight excluding hydrogens is 266 g/mol. The van der Waals surface area contributed by atoms with Gasteiger partial charge < -0.3 is 10.4 Å². The lowest BCUT2D eigenvalue weighted by Crippen LogP contribution is -2.58. The van der Waals surface area contributed by atoms with Gasteiger partial charge in [0.25, 0.3) is 0 Å². The van der Waals surface area contributed by atoms with Gasteiger partial charge in [-0.1, -0.05) is 29.8 Å².